The first-order chi connectivity index (χ1) is 8.19. The van der Waals surface area contributed by atoms with E-state index in [1.807, 2.05) is 6.07 Å². The molecule has 0 amide bonds. The van der Waals surface area contributed by atoms with Crippen LogP contribution in [0.4, 0.5) is 16.3 Å². The Hall–Kier alpha value is -2.62. The predicted octanol–water partition coefficient (Wildman–Crippen LogP) is 1.01. The van der Waals surface area contributed by atoms with Crippen LogP contribution in [0.2, 0.25) is 0 Å². The average molecular weight is 232 g/mol. The number of nitrogens with zero attached hydrogens (tertiary/aromatic N) is 3. The van der Waals surface area contributed by atoms with Crippen LogP contribution < -0.4 is 11.1 Å². The number of anilines is 2. The molecule has 0 bridgehead atoms. The second kappa shape index (κ2) is 4.49. The molecule has 0 fully saturated rings. The zero-order valence-electron chi connectivity index (χ0n) is 8.74. The molecule has 1 aromatic heterocycles. The van der Waals surface area contributed by atoms with Crippen molar-refractivity contribution in [3.63, 3.8) is 0 Å². The molecule has 7 heteroatoms. The van der Waals surface area contributed by atoms with Crippen LogP contribution in [0.1, 0.15) is 11.1 Å². The smallest absolute Gasteiger partial charge is 0.243 e. The van der Waals surface area contributed by atoms with Crippen LogP contribution in [0.5, 0.6) is 0 Å². The monoisotopic (exact) mass is 232 g/mol. The first kappa shape index (κ1) is 10.9. The summed E-state index contributed by atoms with van der Waals surface area (Å²) in [5.74, 6) is 0.0722. The topological polar surface area (TPSA) is 103 Å². The first-order valence-electron chi connectivity index (χ1n) is 4.79. The zero-order chi connectivity index (χ0) is 12.3. The maximum absolute atomic E-state index is 13.4. The molecule has 2 aromatic rings. The number of rotatable bonds is 3. The molecular formula is C10H9FN6. The lowest BCUT2D eigenvalue weighted by atomic mass is 10.1. The average Bonchev–Trinajstić information content (AvgIpc) is 2.74. The van der Waals surface area contributed by atoms with E-state index in [2.05, 4.69) is 20.5 Å². The minimum atomic E-state index is -0.389. The third-order valence-electron chi connectivity index (χ3n) is 2.11. The van der Waals surface area contributed by atoms with E-state index in [0.717, 1.165) is 0 Å². The maximum Gasteiger partial charge on any atom is 0.243 e. The van der Waals surface area contributed by atoms with Gasteiger partial charge in [-0.1, -0.05) is 0 Å². The van der Waals surface area contributed by atoms with E-state index in [0.29, 0.717) is 11.1 Å². The number of halogens is 1. The molecule has 1 aromatic carbocycles. The Labute approximate surface area is 96.3 Å². The Morgan fingerprint density at radius 1 is 1.53 bits per heavy atom. The van der Waals surface area contributed by atoms with Crippen molar-refractivity contribution < 1.29 is 4.39 Å². The lowest BCUT2D eigenvalue weighted by Gasteiger charge is -2.03. The Kier molecular flexibility index (Phi) is 2.87. The first-order valence-corrected chi connectivity index (χ1v) is 4.79. The number of hydrogen-bond donors (Lipinski definition) is 3. The lowest BCUT2D eigenvalue weighted by molar-refractivity contribution is 0.612. The fourth-order valence-electron chi connectivity index (χ4n) is 1.31. The summed E-state index contributed by atoms with van der Waals surface area (Å²) in [5.41, 5.74) is 6.11. The largest absolute Gasteiger partial charge is 0.368 e. The molecule has 0 aliphatic heterocycles. The molecule has 2 rings (SSSR count). The van der Waals surface area contributed by atoms with Crippen molar-refractivity contribution in [2.45, 2.75) is 6.54 Å². The van der Waals surface area contributed by atoms with Crippen LogP contribution >= 0.6 is 0 Å². The number of H-pyrrole nitrogens is 1. The Morgan fingerprint density at radius 2 is 2.35 bits per heavy atom. The summed E-state index contributed by atoms with van der Waals surface area (Å²) < 4.78 is 13.4. The van der Waals surface area contributed by atoms with Gasteiger partial charge in [-0.2, -0.15) is 10.2 Å². The van der Waals surface area contributed by atoms with Gasteiger partial charge in [0, 0.05) is 12.1 Å². The Balaban J connectivity index is 2.11. The van der Waals surface area contributed by atoms with E-state index in [9.17, 15) is 4.39 Å². The van der Waals surface area contributed by atoms with Crippen LogP contribution in [0.3, 0.4) is 0 Å². The maximum atomic E-state index is 13.4. The second-order valence-electron chi connectivity index (χ2n) is 3.32. The van der Waals surface area contributed by atoms with Crippen molar-refractivity contribution in [3.8, 4) is 6.07 Å². The predicted molar refractivity (Wildman–Crippen MR) is 59.2 cm³/mol. The van der Waals surface area contributed by atoms with Crippen LogP contribution in [0.15, 0.2) is 18.2 Å². The summed E-state index contributed by atoms with van der Waals surface area (Å²) in [6.45, 7) is 0.179. The summed E-state index contributed by atoms with van der Waals surface area (Å²) >= 11 is 0. The summed E-state index contributed by atoms with van der Waals surface area (Å²) in [6, 6.07) is 6.09. The quantitative estimate of drug-likeness (QED) is 0.732. The van der Waals surface area contributed by atoms with Crippen molar-refractivity contribution in [1.29, 1.82) is 5.26 Å². The number of nitrogen functional groups attached to an aromatic ring is 1. The van der Waals surface area contributed by atoms with Crippen LogP contribution in [-0.2, 0) is 6.54 Å². The number of aromatic amines is 1. The zero-order valence-corrected chi connectivity index (χ0v) is 8.74. The van der Waals surface area contributed by atoms with Crippen LogP contribution in [-0.4, -0.2) is 15.2 Å². The molecule has 0 aliphatic rings. The third-order valence-corrected chi connectivity index (χ3v) is 2.11. The van der Waals surface area contributed by atoms with Gasteiger partial charge in [0.05, 0.1) is 11.6 Å². The number of aromatic nitrogens is 3. The van der Waals surface area contributed by atoms with Crippen molar-refractivity contribution >= 4 is 11.9 Å². The highest BCUT2D eigenvalue weighted by Crippen LogP contribution is 2.11. The van der Waals surface area contributed by atoms with Gasteiger partial charge in [-0.15, -0.1) is 5.10 Å². The van der Waals surface area contributed by atoms with E-state index < -0.39 is 0 Å². The molecule has 0 spiro atoms. The standard InChI is InChI=1S/C10H9FN6/c11-8-2-1-6(4-12)3-7(8)5-14-10-15-9(13)16-17-10/h1-3H,5H2,(H4,13,14,15,16,17). The van der Waals surface area contributed by atoms with Gasteiger partial charge < -0.3 is 11.1 Å². The van der Waals surface area contributed by atoms with Gasteiger partial charge in [0.2, 0.25) is 11.9 Å². The highest BCUT2D eigenvalue weighted by Gasteiger charge is 2.05. The van der Waals surface area contributed by atoms with Gasteiger partial charge in [-0.05, 0) is 18.2 Å². The molecule has 1 heterocycles. The van der Waals surface area contributed by atoms with Gasteiger partial charge in [0.1, 0.15) is 5.82 Å². The number of benzene rings is 1. The van der Waals surface area contributed by atoms with Crippen molar-refractivity contribution in [1.82, 2.24) is 15.2 Å². The van der Waals surface area contributed by atoms with E-state index >= 15 is 0 Å². The minimum Gasteiger partial charge on any atom is -0.368 e. The van der Waals surface area contributed by atoms with E-state index in [-0.39, 0.29) is 24.3 Å². The SMILES string of the molecule is N#Cc1ccc(F)c(CNc2n[nH]c(N)n2)c1. The molecule has 4 N–H and O–H groups in total. The minimum absolute atomic E-state index is 0.179. The van der Waals surface area contributed by atoms with E-state index in [4.69, 9.17) is 11.0 Å². The van der Waals surface area contributed by atoms with Gasteiger partial charge >= 0.3 is 0 Å². The number of nitrogens with one attached hydrogen (secondary N) is 2. The summed E-state index contributed by atoms with van der Waals surface area (Å²) in [6.07, 6.45) is 0. The summed E-state index contributed by atoms with van der Waals surface area (Å²) in [7, 11) is 0. The molecule has 0 radical (unpaired) electrons. The molecule has 0 aliphatic carbocycles. The highest BCUT2D eigenvalue weighted by atomic mass is 19.1. The molecular weight excluding hydrogens is 223 g/mol. The van der Waals surface area contributed by atoms with Crippen LogP contribution in [0, 0.1) is 17.1 Å². The number of nitrogens with two attached hydrogens (primary N) is 1. The molecule has 86 valence electrons. The van der Waals surface area contributed by atoms with Crippen molar-refractivity contribution in [3.05, 3.63) is 35.1 Å². The number of nitriles is 1. The lowest BCUT2D eigenvalue weighted by Crippen LogP contribution is -2.03. The van der Waals surface area contributed by atoms with Crippen molar-refractivity contribution in [2.24, 2.45) is 0 Å². The van der Waals surface area contributed by atoms with E-state index in [1.54, 1.807) is 0 Å². The Morgan fingerprint density at radius 3 is 3.00 bits per heavy atom. The normalized spacial score (nSPS) is 9.88. The summed E-state index contributed by atoms with van der Waals surface area (Å²) in [4.78, 5) is 3.81. The van der Waals surface area contributed by atoms with Gasteiger partial charge in [-0.3, -0.25) is 0 Å². The molecule has 6 nitrogen and oxygen atoms in total. The van der Waals surface area contributed by atoms with Gasteiger partial charge in [-0.25, -0.2) is 9.49 Å². The van der Waals surface area contributed by atoms with Gasteiger partial charge in [0.15, 0.2) is 0 Å². The van der Waals surface area contributed by atoms with Gasteiger partial charge in [0.25, 0.3) is 0 Å². The fraction of sp³-hybridized carbons (Fsp3) is 0.100. The number of hydrogen-bond acceptors (Lipinski definition) is 5. The van der Waals surface area contributed by atoms with E-state index in [1.165, 1.54) is 18.2 Å². The molecule has 0 saturated heterocycles. The molecule has 0 atom stereocenters. The van der Waals surface area contributed by atoms with Crippen molar-refractivity contribution in [2.75, 3.05) is 11.1 Å². The second-order valence-corrected chi connectivity index (χ2v) is 3.32. The fourth-order valence-corrected chi connectivity index (χ4v) is 1.31. The Bertz CT molecular complexity index is 570. The molecule has 0 saturated carbocycles. The molecule has 0 unspecified atom stereocenters. The van der Waals surface area contributed by atoms with Crippen LogP contribution in [0.25, 0.3) is 0 Å². The molecule has 17 heavy (non-hydrogen) atoms. The third kappa shape index (κ3) is 2.49. The highest BCUT2D eigenvalue weighted by molar-refractivity contribution is 5.36. The summed E-state index contributed by atoms with van der Waals surface area (Å²) in [5, 5.41) is 17.7.